The summed E-state index contributed by atoms with van der Waals surface area (Å²) in [7, 11) is 5.08. The van der Waals surface area contributed by atoms with Gasteiger partial charge in [-0.3, -0.25) is 4.79 Å². The average molecular weight is 386 g/mol. The standard InChI is InChI=1S/C20H22N2O4S/c1-12(2)26-14-8-6-13(7-9-14)19(23)21-20-22(3)17-15(24-4)10-11-16(25-5)18(17)27-20/h6-12H,1-5H3. The van der Waals surface area contributed by atoms with Gasteiger partial charge in [-0.15, -0.1) is 0 Å². The Balaban J connectivity index is 2.02. The van der Waals surface area contributed by atoms with Crippen LogP contribution in [0.5, 0.6) is 17.2 Å². The summed E-state index contributed by atoms with van der Waals surface area (Å²) >= 11 is 1.38. The first kappa shape index (κ1) is 19.0. The summed E-state index contributed by atoms with van der Waals surface area (Å²) in [6.45, 7) is 3.91. The predicted molar refractivity (Wildman–Crippen MR) is 106 cm³/mol. The number of hydrogen-bond donors (Lipinski definition) is 0. The Kier molecular flexibility index (Phi) is 5.51. The molecule has 0 saturated carbocycles. The molecule has 0 N–H and O–H groups in total. The van der Waals surface area contributed by atoms with E-state index in [1.165, 1.54) is 11.3 Å². The number of aromatic nitrogens is 1. The second-order valence-electron chi connectivity index (χ2n) is 6.20. The Hall–Kier alpha value is -2.80. The van der Waals surface area contributed by atoms with Gasteiger partial charge in [0.15, 0.2) is 4.80 Å². The maximum absolute atomic E-state index is 12.6. The summed E-state index contributed by atoms with van der Waals surface area (Å²) in [5, 5.41) is 0. The SMILES string of the molecule is COc1ccc(OC)c2c1sc(=NC(=O)c1ccc(OC(C)C)cc1)n2C. The molecule has 3 rings (SSSR count). The smallest absolute Gasteiger partial charge is 0.279 e. The molecular weight excluding hydrogens is 364 g/mol. The molecule has 0 saturated heterocycles. The van der Waals surface area contributed by atoms with Crippen molar-refractivity contribution < 1.29 is 19.0 Å². The molecular formula is C20H22N2O4S. The van der Waals surface area contributed by atoms with Crippen LogP contribution in [-0.4, -0.2) is 30.8 Å². The van der Waals surface area contributed by atoms with Gasteiger partial charge in [-0.25, -0.2) is 0 Å². The van der Waals surface area contributed by atoms with Crippen LogP contribution in [0.1, 0.15) is 24.2 Å². The lowest BCUT2D eigenvalue weighted by atomic mass is 10.2. The van der Waals surface area contributed by atoms with Gasteiger partial charge >= 0.3 is 0 Å². The third-order valence-electron chi connectivity index (χ3n) is 3.98. The quantitative estimate of drug-likeness (QED) is 0.669. The van der Waals surface area contributed by atoms with E-state index in [1.54, 1.807) is 38.5 Å². The minimum absolute atomic E-state index is 0.0822. The van der Waals surface area contributed by atoms with E-state index >= 15 is 0 Å². The number of methoxy groups -OCH3 is 2. The van der Waals surface area contributed by atoms with E-state index < -0.39 is 0 Å². The molecule has 1 aromatic heterocycles. The number of benzene rings is 2. The topological polar surface area (TPSA) is 62.1 Å². The van der Waals surface area contributed by atoms with Crippen molar-refractivity contribution >= 4 is 27.5 Å². The predicted octanol–water partition coefficient (Wildman–Crippen LogP) is 3.79. The molecule has 0 aliphatic rings. The summed E-state index contributed by atoms with van der Waals surface area (Å²) in [5.74, 6) is 1.83. The number of fused-ring (bicyclic) bond motifs is 1. The molecule has 0 atom stereocenters. The Morgan fingerprint density at radius 1 is 1.04 bits per heavy atom. The molecule has 6 nitrogen and oxygen atoms in total. The molecule has 0 fully saturated rings. The molecule has 7 heteroatoms. The largest absolute Gasteiger partial charge is 0.495 e. The van der Waals surface area contributed by atoms with Gasteiger partial charge < -0.3 is 18.8 Å². The first-order chi connectivity index (χ1) is 12.9. The van der Waals surface area contributed by atoms with E-state index in [4.69, 9.17) is 14.2 Å². The van der Waals surface area contributed by atoms with E-state index in [0.717, 1.165) is 21.7 Å². The van der Waals surface area contributed by atoms with E-state index in [0.29, 0.717) is 16.1 Å². The lowest BCUT2D eigenvalue weighted by molar-refractivity contribution is 0.0998. The van der Waals surface area contributed by atoms with Gasteiger partial charge in [0.2, 0.25) is 0 Å². The first-order valence-corrected chi connectivity index (χ1v) is 9.32. The fourth-order valence-electron chi connectivity index (χ4n) is 2.73. The minimum atomic E-state index is -0.314. The summed E-state index contributed by atoms with van der Waals surface area (Å²) < 4.78 is 19.2. The molecule has 1 amide bonds. The number of hydrogen-bond acceptors (Lipinski definition) is 5. The highest BCUT2D eigenvalue weighted by atomic mass is 32.1. The van der Waals surface area contributed by atoms with Crippen LogP contribution in [-0.2, 0) is 7.05 Å². The summed E-state index contributed by atoms with van der Waals surface area (Å²) in [6.07, 6.45) is 0.0822. The molecule has 142 valence electrons. The molecule has 0 unspecified atom stereocenters. The fourth-order valence-corrected chi connectivity index (χ4v) is 3.85. The van der Waals surface area contributed by atoms with Gasteiger partial charge in [-0.05, 0) is 50.2 Å². The average Bonchev–Trinajstić information content (AvgIpc) is 2.97. The highest BCUT2D eigenvalue weighted by molar-refractivity contribution is 7.16. The molecule has 0 spiro atoms. The minimum Gasteiger partial charge on any atom is -0.495 e. The van der Waals surface area contributed by atoms with Crippen LogP contribution in [0.25, 0.3) is 10.2 Å². The van der Waals surface area contributed by atoms with E-state index in [1.807, 2.05) is 37.6 Å². The molecule has 3 aromatic rings. The van der Waals surface area contributed by atoms with Gasteiger partial charge in [0.25, 0.3) is 5.91 Å². The van der Waals surface area contributed by atoms with Crippen molar-refractivity contribution in [3.05, 3.63) is 46.8 Å². The molecule has 0 aliphatic carbocycles. The second kappa shape index (κ2) is 7.84. The van der Waals surface area contributed by atoms with Gasteiger partial charge in [0.1, 0.15) is 27.5 Å². The number of rotatable bonds is 5. The highest BCUT2D eigenvalue weighted by Crippen LogP contribution is 2.34. The monoisotopic (exact) mass is 386 g/mol. The second-order valence-corrected chi connectivity index (χ2v) is 7.18. The normalized spacial score (nSPS) is 11.9. The highest BCUT2D eigenvalue weighted by Gasteiger charge is 2.15. The molecule has 0 aliphatic heterocycles. The van der Waals surface area contributed by atoms with Crippen LogP contribution in [0.3, 0.4) is 0 Å². The van der Waals surface area contributed by atoms with Crippen LogP contribution in [0, 0.1) is 0 Å². The zero-order valence-electron chi connectivity index (χ0n) is 16.0. The third kappa shape index (κ3) is 3.83. The van der Waals surface area contributed by atoms with E-state index in [-0.39, 0.29) is 12.0 Å². The van der Waals surface area contributed by atoms with Crippen molar-refractivity contribution in [1.82, 2.24) is 4.57 Å². The van der Waals surface area contributed by atoms with Crippen molar-refractivity contribution in [1.29, 1.82) is 0 Å². The van der Waals surface area contributed by atoms with Crippen LogP contribution < -0.4 is 19.0 Å². The maximum Gasteiger partial charge on any atom is 0.279 e. The van der Waals surface area contributed by atoms with Gasteiger partial charge in [0.05, 0.1) is 20.3 Å². The van der Waals surface area contributed by atoms with E-state index in [9.17, 15) is 4.79 Å². The van der Waals surface area contributed by atoms with Crippen LogP contribution in [0.2, 0.25) is 0 Å². The van der Waals surface area contributed by atoms with Gasteiger partial charge in [-0.2, -0.15) is 4.99 Å². The van der Waals surface area contributed by atoms with Crippen LogP contribution in [0.4, 0.5) is 0 Å². The number of carbonyl (C=O) groups is 1. The zero-order chi connectivity index (χ0) is 19.6. The first-order valence-electron chi connectivity index (χ1n) is 8.51. The van der Waals surface area contributed by atoms with Crippen molar-refractivity contribution in [2.45, 2.75) is 20.0 Å². The summed E-state index contributed by atoms with van der Waals surface area (Å²) in [6, 6.07) is 10.7. The molecule has 1 heterocycles. The molecule has 0 radical (unpaired) electrons. The number of nitrogens with zero attached hydrogens (tertiary/aromatic N) is 2. The van der Waals surface area contributed by atoms with Gasteiger partial charge in [-0.1, -0.05) is 11.3 Å². The number of thiazole rings is 1. The fraction of sp³-hybridized carbons (Fsp3) is 0.300. The summed E-state index contributed by atoms with van der Waals surface area (Å²) in [5.41, 5.74) is 1.34. The lowest BCUT2D eigenvalue weighted by Crippen LogP contribution is -2.13. The lowest BCUT2D eigenvalue weighted by Gasteiger charge is -2.09. The number of carbonyl (C=O) groups excluding carboxylic acids is 1. The number of aryl methyl sites for hydroxylation is 1. The van der Waals surface area contributed by atoms with Crippen molar-refractivity contribution in [3.8, 4) is 17.2 Å². The maximum atomic E-state index is 12.6. The Labute approximate surface area is 161 Å². The van der Waals surface area contributed by atoms with E-state index in [2.05, 4.69) is 4.99 Å². The molecule has 2 aromatic carbocycles. The third-order valence-corrected chi connectivity index (χ3v) is 5.13. The van der Waals surface area contributed by atoms with Crippen molar-refractivity contribution in [2.75, 3.05) is 14.2 Å². The van der Waals surface area contributed by atoms with Crippen LogP contribution in [0.15, 0.2) is 41.4 Å². The molecule has 0 bridgehead atoms. The Bertz CT molecular complexity index is 1030. The summed E-state index contributed by atoms with van der Waals surface area (Å²) in [4.78, 5) is 17.5. The van der Waals surface area contributed by atoms with Crippen LogP contribution >= 0.6 is 11.3 Å². The van der Waals surface area contributed by atoms with Crippen molar-refractivity contribution in [2.24, 2.45) is 12.0 Å². The Morgan fingerprint density at radius 2 is 1.67 bits per heavy atom. The molecule has 27 heavy (non-hydrogen) atoms. The van der Waals surface area contributed by atoms with Gasteiger partial charge in [0, 0.05) is 12.6 Å². The Morgan fingerprint density at radius 3 is 2.26 bits per heavy atom. The number of ether oxygens (including phenoxy) is 3. The van der Waals surface area contributed by atoms with Crippen molar-refractivity contribution in [3.63, 3.8) is 0 Å². The zero-order valence-corrected chi connectivity index (χ0v) is 16.8. The number of amides is 1.